The van der Waals surface area contributed by atoms with Gasteiger partial charge in [0.15, 0.2) is 0 Å². The molecular weight excluding hydrogens is 328 g/mol. The monoisotopic (exact) mass is 350 g/mol. The molecule has 1 aromatic heterocycles. The average molecular weight is 350 g/mol. The summed E-state index contributed by atoms with van der Waals surface area (Å²) in [4.78, 5) is 13.3. The van der Waals surface area contributed by atoms with Crippen molar-refractivity contribution < 1.29 is 9.84 Å². The lowest BCUT2D eigenvalue weighted by Crippen LogP contribution is -2.53. The topological polar surface area (TPSA) is 77.5 Å². The maximum absolute atomic E-state index is 13.3. The van der Waals surface area contributed by atoms with E-state index in [2.05, 4.69) is 0 Å². The molecule has 2 unspecified atom stereocenters. The van der Waals surface area contributed by atoms with Crippen molar-refractivity contribution in [1.29, 1.82) is 0 Å². The molecule has 0 bridgehead atoms. The molecule has 0 saturated carbocycles. The van der Waals surface area contributed by atoms with E-state index >= 15 is 0 Å². The first kappa shape index (κ1) is 16.8. The van der Waals surface area contributed by atoms with E-state index in [9.17, 15) is 9.90 Å². The summed E-state index contributed by atoms with van der Waals surface area (Å²) in [6.45, 7) is 4.00. The normalized spacial score (nSPS) is 21.2. The number of nitrogens with zero attached hydrogens (tertiary/aromatic N) is 1. The zero-order valence-corrected chi connectivity index (χ0v) is 14.8. The Balaban J connectivity index is 2.01. The summed E-state index contributed by atoms with van der Waals surface area (Å²) in [5.74, 6) is 0.484. The van der Waals surface area contributed by atoms with Crippen LogP contribution in [-0.4, -0.2) is 21.4 Å². The first-order valence-corrected chi connectivity index (χ1v) is 8.72. The van der Waals surface area contributed by atoms with Gasteiger partial charge in [0.05, 0.1) is 23.7 Å². The zero-order chi connectivity index (χ0) is 18.5. The van der Waals surface area contributed by atoms with Crippen molar-refractivity contribution in [2.24, 2.45) is 5.73 Å². The summed E-state index contributed by atoms with van der Waals surface area (Å²) in [7, 11) is 0. The Morgan fingerprint density at radius 2 is 1.77 bits per heavy atom. The standard InChI is InChI=1S/C21H22N2O3/c1-21(2)19(24)17(22)16-18(26-21)14-10-6-7-11-15(14)23(20(16)25)12-13-8-4-3-5-9-13/h3-11,17,19,24H,12,22H2,1-2H3. The third kappa shape index (κ3) is 2.52. The fourth-order valence-corrected chi connectivity index (χ4v) is 3.64. The van der Waals surface area contributed by atoms with E-state index < -0.39 is 17.7 Å². The van der Waals surface area contributed by atoms with Crippen molar-refractivity contribution in [2.45, 2.75) is 38.1 Å². The Morgan fingerprint density at radius 1 is 1.12 bits per heavy atom. The van der Waals surface area contributed by atoms with E-state index in [1.54, 1.807) is 18.4 Å². The third-order valence-corrected chi connectivity index (χ3v) is 5.09. The van der Waals surface area contributed by atoms with Crippen molar-refractivity contribution in [3.63, 3.8) is 0 Å². The largest absolute Gasteiger partial charge is 0.484 e. The van der Waals surface area contributed by atoms with Crippen molar-refractivity contribution in [1.82, 2.24) is 4.57 Å². The summed E-state index contributed by atoms with van der Waals surface area (Å²) >= 11 is 0. The summed E-state index contributed by atoms with van der Waals surface area (Å²) in [6, 6.07) is 16.6. The smallest absolute Gasteiger partial charge is 0.260 e. The van der Waals surface area contributed by atoms with Crippen molar-refractivity contribution in [3.05, 3.63) is 76.1 Å². The molecule has 134 valence electrons. The maximum atomic E-state index is 13.3. The minimum absolute atomic E-state index is 0.218. The van der Waals surface area contributed by atoms with E-state index in [1.807, 2.05) is 54.6 Å². The molecular formula is C21H22N2O3. The van der Waals surface area contributed by atoms with Crippen LogP contribution in [-0.2, 0) is 6.54 Å². The second kappa shape index (κ2) is 5.97. The molecule has 3 N–H and O–H groups in total. The SMILES string of the molecule is CC1(C)Oc2c(c(=O)n(Cc3ccccc3)c3ccccc23)C(N)C1O. The van der Waals surface area contributed by atoms with Gasteiger partial charge in [-0.15, -0.1) is 0 Å². The van der Waals surface area contributed by atoms with Crippen LogP contribution in [0.4, 0.5) is 0 Å². The van der Waals surface area contributed by atoms with Crippen molar-refractivity contribution in [3.8, 4) is 5.75 Å². The van der Waals surface area contributed by atoms with Gasteiger partial charge in [-0.2, -0.15) is 0 Å². The number of fused-ring (bicyclic) bond motifs is 3. The fourth-order valence-electron chi connectivity index (χ4n) is 3.64. The molecule has 5 nitrogen and oxygen atoms in total. The second-order valence-corrected chi connectivity index (χ2v) is 7.31. The van der Waals surface area contributed by atoms with E-state index in [0.29, 0.717) is 17.9 Å². The number of hydrogen-bond donors (Lipinski definition) is 2. The van der Waals surface area contributed by atoms with Crippen LogP contribution >= 0.6 is 0 Å². The van der Waals surface area contributed by atoms with Gasteiger partial charge in [-0.25, -0.2) is 0 Å². The fraction of sp³-hybridized carbons (Fsp3) is 0.286. The van der Waals surface area contributed by atoms with Gasteiger partial charge in [0.25, 0.3) is 5.56 Å². The van der Waals surface area contributed by atoms with Crippen LogP contribution in [0.5, 0.6) is 5.75 Å². The van der Waals surface area contributed by atoms with Crippen LogP contribution < -0.4 is 16.0 Å². The molecule has 26 heavy (non-hydrogen) atoms. The lowest BCUT2D eigenvalue weighted by molar-refractivity contribution is -0.0567. The van der Waals surface area contributed by atoms with Gasteiger partial charge in [-0.3, -0.25) is 4.79 Å². The molecule has 1 aliphatic heterocycles. The number of hydrogen-bond acceptors (Lipinski definition) is 4. The summed E-state index contributed by atoms with van der Waals surface area (Å²) in [5.41, 5.74) is 7.34. The lowest BCUT2D eigenvalue weighted by Gasteiger charge is -2.41. The Labute approximate surface area is 151 Å². The van der Waals surface area contributed by atoms with Crippen molar-refractivity contribution in [2.75, 3.05) is 0 Å². The predicted molar refractivity (Wildman–Crippen MR) is 101 cm³/mol. The van der Waals surface area contributed by atoms with E-state index in [0.717, 1.165) is 16.5 Å². The number of rotatable bonds is 2. The molecule has 4 rings (SSSR count). The minimum Gasteiger partial charge on any atom is -0.484 e. The summed E-state index contributed by atoms with van der Waals surface area (Å²) in [5, 5.41) is 11.4. The quantitative estimate of drug-likeness (QED) is 0.745. The van der Waals surface area contributed by atoms with Gasteiger partial charge >= 0.3 is 0 Å². The van der Waals surface area contributed by atoms with Crippen LogP contribution in [0.2, 0.25) is 0 Å². The zero-order valence-electron chi connectivity index (χ0n) is 14.8. The van der Waals surface area contributed by atoms with Gasteiger partial charge < -0.3 is 20.1 Å². The number of benzene rings is 2. The van der Waals surface area contributed by atoms with Gasteiger partial charge in [-0.05, 0) is 31.5 Å². The number of nitrogens with two attached hydrogens (primary N) is 1. The van der Waals surface area contributed by atoms with Crippen LogP contribution in [0.3, 0.4) is 0 Å². The molecule has 5 heteroatoms. The molecule has 1 aliphatic rings. The van der Waals surface area contributed by atoms with Crippen molar-refractivity contribution >= 4 is 10.9 Å². The molecule has 0 amide bonds. The van der Waals surface area contributed by atoms with Gasteiger partial charge in [0.2, 0.25) is 0 Å². The Hall–Kier alpha value is -2.63. The predicted octanol–water partition coefficient (Wildman–Crippen LogP) is 2.58. The second-order valence-electron chi connectivity index (χ2n) is 7.31. The number of aliphatic hydroxyl groups is 1. The number of pyridine rings is 1. The van der Waals surface area contributed by atoms with E-state index in [1.165, 1.54) is 0 Å². The molecule has 0 radical (unpaired) electrons. The van der Waals surface area contributed by atoms with Crippen LogP contribution in [0.25, 0.3) is 10.9 Å². The Morgan fingerprint density at radius 3 is 2.50 bits per heavy atom. The van der Waals surface area contributed by atoms with Gasteiger partial charge in [0, 0.05) is 5.39 Å². The van der Waals surface area contributed by atoms with Gasteiger partial charge in [0.1, 0.15) is 17.5 Å². The molecule has 2 heterocycles. The van der Waals surface area contributed by atoms with Crippen LogP contribution in [0.15, 0.2) is 59.4 Å². The van der Waals surface area contributed by atoms with E-state index in [4.69, 9.17) is 10.5 Å². The highest BCUT2D eigenvalue weighted by molar-refractivity contribution is 5.87. The highest BCUT2D eigenvalue weighted by Crippen LogP contribution is 2.41. The van der Waals surface area contributed by atoms with Gasteiger partial charge in [-0.1, -0.05) is 42.5 Å². The average Bonchev–Trinajstić information content (AvgIpc) is 2.64. The van der Waals surface area contributed by atoms with Crippen LogP contribution in [0, 0.1) is 0 Å². The first-order chi connectivity index (χ1) is 12.4. The third-order valence-electron chi connectivity index (χ3n) is 5.09. The summed E-state index contributed by atoms with van der Waals surface area (Å²) in [6.07, 6.45) is -0.964. The highest BCUT2D eigenvalue weighted by atomic mass is 16.5. The number of aliphatic hydroxyl groups excluding tert-OH is 1. The highest BCUT2D eigenvalue weighted by Gasteiger charge is 2.43. The summed E-state index contributed by atoms with van der Waals surface area (Å²) < 4.78 is 7.76. The molecule has 0 saturated heterocycles. The Kier molecular flexibility index (Phi) is 3.86. The minimum atomic E-state index is -0.964. The number of para-hydroxylation sites is 1. The molecule has 2 atom stereocenters. The number of ether oxygens (including phenoxy) is 1. The Bertz CT molecular complexity index is 1020. The first-order valence-electron chi connectivity index (χ1n) is 8.72. The van der Waals surface area contributed by atoms with E-state index in [-0.39, 0.29) is 5.56 Å². The molecule has 2 aromatic carbocycles. The molecule has 0 spiro atoms. The molecule has 0 fully saturated rings. The van der Waals surface area contributed by atoms with Crippen LogP contribution in [0.1, 0.15) is 31.0 Å². The molecule has 0 aliphatic carbocycles. The molecule has 3 aromatic rings. The maximum Gasteiger partial charge on any atom is 0.260 e. The lowest BCUT2D eigenvalue weighted by atomic mass is 9.87. The number of aromatic nitrogens is 1.